The van der Waals surface area contributed by atoms with Gasteiger partial charge in [0.25, 0.3) is 11.1 Å². The second kappa shape index (κ2) is 5.28. The van der Waals surface area contributed by atoms with Gasteiger partial charge in [0.05, 0.1) is 12.2 Å². The normalized spacial score (nSPS) is 13.1. The zero-order chi connectivity index (χ0) is 16.8. The topological polar surface area (TPSA) is 102 Å². The summed E-state index contributed by atoms with van der Waals surface area (Å²) < 4.78 is 3.85. The van der Waals surface area contributed by atoms with Gasteiger partial charge in [0.15, 0.2) is 4.96 Å². The maximum atomic E-state index is 12.6. The maximum Gasteiger partial charge on any atom is 0.331 e. The Hall–Kier alpha value is -2.99. The molecular formula is C15H11N5O3S. The van der Waals surface area contributed by atoms with Crippen LogP contribution < -0.4 is 16.8 Å². The van der Waals surface area contributed by atoms with Crippen LogP contribution in [0.2, 0.25) is 0 Å². The Morgan fingerprint density at radius 3 is 2.96 bits per heavy atom. The van der Waals surface area contributed by atoms with Gasteiger partial charge in [-0.3, -0.25) is 23.1 Å². The summed E-state index contributed by atoms with van der Waals surface area (Å²) in [7, 11) is 0. The molecule has 9 heteroatoms. The van der Waals surface area contributed by atoms with Crippen molar-refractivity contribution in [1.29, 1.82) is 5.26 Å². The first kappa shape index (κ1) is 14.6. The molecule has 0 unspecified atom stereocenters. The maximum absolute atomic E-state index is 12.6. The Balaban J connectivity index is 1.91. The number of thiazole rings is 1. The van der Waals surface area contributed by atoms with Crippen molar-refractivity contribution in [3.05, 3.63) is 65.8 Å². The lowest BCUT2D eigenvalue weighted by Gasteiger charge is -2.10. The van der Waals surface area contributed by atoms with Gasteiger partial charge < -0.3 is 0 Å². The van der Waals surface area contributed by atoms with E-state index in [2.05, 4.69) is 4.98 Å². The van der Waals surface area contributed by atoms with Gasteiger partial charge in [-0.05, 0) is 12.8 Å². The van der Waals surface area contributed by atoms with Crippen molar-refractivity contribution in [2.24, 2.45) is 0 Å². The minimum atomic E-state index is -0.621. The van der Waals surface area contributed by atoms with Crippen molar-refractivity contribution < 1.29 is 0 Å². The predicted molar refractivity (Wildman–Crippen MR) is 86.4 cm³/mol. The van der Waals surface area contributed by atoms with Crippen LogP contribution in [-0.2, 0) is 19.5 Å². The van der Waals surface area contributed by atoms with E-state index in [1.807, 2.05) is 6.07 Å². The molecule has 0 N–H and O–H groups in total. The van der Waals surface area contributed by atoms with Crippen LogP contribution in [0.3, 0.4) is 0 Å². The Bertz CT molecular complexity index is 1190. The van der Waals surface area contributed by atoms with Crippen molar-refractivity contribution in [2.75, 3.05) is 0 Å². The molecule has 0 bridgehead atoms. The van der Waals surface area contributed by atoms with Gasteiger partial charge in [0.2, 0.25) is 0 Å². The second-order valence-electron chi connectivity index (χ2n) is 5.50. The molecule has 0 spiro atoms. The summed E-state index contributed by atoms with van der Waals surface area (Å²) in [6.45, 7) is 0.361. The molecule has 120 valence electrons. The average Bonchev–Trinajstić information content (AvgIpc) is 3.21. The van der Waals surface area contributed by atoms with E-state index in [0.717, 1.165) is 11.0 Å². The molecule has 0 radical (unpaired) electrons. The SMILES string of the molecule is N#Cc1c2n(c(=O)n(Cc3cc(=O)n4ccsc4n3)c1=O)CCC2. The van der Waals surface area contributed by atoms with E-state index < -0.39 is 11.2 Å². The highest BCUT2D eigenvalue weighted by Gasteiger charge is 2.22. The van der Waals surface area contributed by atoms with Crippen LogP contribution in [0.4, 0.5) is 0 Å². The quantitative estimate of drug-likeness (QED) is 0.650. The molecule has 1 aliphatic heterocycles. The van der Waals surface area contributed by atoms with Crippen LogP contribution in [0.25, 0.3) is 4.96 Å². The molecule has 1 aliphatic rings. The van der Waals surface area contributed by atoms with Crippen molar-refractivity contribution in [1.82, 2.24) is 18.5 Å². The number of rotatable bonds is 2. The van der Waals surface area contributed by atoms with Gasteiger partial charge >= 0.3 is 5.69 Å². The molecule has 3 aromatic heterocycles. The summed E-state index contributed by atoms with van der Waals surface area (Å²) in [4.78, 5) is 41.9. The van der Waals surface area contributed by atoms with Gasteiger partial charge in [0, 0.05) is 29.9 Å². The molecule has 3 aromatic rings. The third kappa shape index (κ3) is 2.04. The number of aromatic nitrogens is 4. The number of nitrogens with zero attached hydrogens (tertiary/aromatic N) is 5. The Morgan fingerprint density at radius 1 is 1.33 bits per heavy atom. The number of fused-ring (bicyclic) bond motifs is 2. The summed E-state index contributed by atoms with van der Waals surface area (Å²) in [5.41, 5.74) is -0.523. The molecule has 0 atom stereocenters. The van der Waals surface area contributed by atoms with Gasteiger partial charge in [0.1, 0.15) is 11.6 Å². The molecule has 24 heavy (non-hydrogen) atoms. The van der Waals surface area contributed by atoms with Gasteiger partial charge in [-0.2, -0.15) is 5.26 Å². The lowest BCUT2D eigenvalue weighted by molar-refractivity contribution is 0.596. The summed E-state index contributed by atoms with van der Waals surface area (Å²) in [5, 5.41) is 11.0. The highest BCUT2D eigenvalue weighted by molar-refractivity contribution is 7.15. The van der Waals surface area contributed by atoms with E-state index in [1.54, 1.807) is 11.6 Å². The van der Waals surface area contributed by atoms with Crippen molar-refractivity contribution in [3.8, 4) is 6.07 Å². The minimum absolute atomic E-state index is 0.000948. The number of hydrogen-bond acceptors (Lipinski definition) is 6. The molecule has 0 aliphatic carbocycles. The summed E-state index contributed by atoms with van der Waals surface area (Å²) in [6.07, 6.45) is 2.90. The van der Waals surface area contributed by atoms with E-state index >= 15 is 0 Å². The fourth-order valence-corrected chi connectivity index (χ4v) is 3.76. The van der Waals surface area contributed by atoms with E-state index in [4.69, 9.17) is 0 Å². The molecule has 4 rings (SSSR count). The Labute approximate surface area is 138 Å². The monoisotopic (exact) mass is 341 g/mol. The fraction of sp³-hybridized carbons (Fsp3) is 0.267. The molecule has 4 heterocycles. The van der Waals surface area contributed by atoms with Gasteiger partial charge in [-0.15, -0.1) is 11.3 Å². The smallest absolute Gasteiger partial charge is 0.296 e. The fourth-order valence-electron chi connectivity index (χ4n) is 3.02. The van der Waals surface area contributed by atoms with Crippen molar-refractivity contribution >= 4 is 16.3 Å². The standard InChI is InChI=1S/C15H11N5O3S/c16-7-10-11-2-1-3-18(11)15(23)20(13(10)22)8-9-6-12(21)19-4-5-24-14(19)17-9/h4-6H,1-3,8H2. The second-order valence-corrected chi connectivity index (χ2v) is 6.38. The first-order valence-corrected chi connectivity index (χ1v) is 8.20. The summed E-state index contributed by atoms with van der Waals surface area (Å²) >= 11 is 1.29. The van der Waals surface area contributed by atoms with E-state index in [1.165, 1.54) is 26.4 Å². The lowest BCUT2D eigenvalue weighted by Crippen LogP contribution is -2.42. The Morgan fingerprint density at radius 2 is 2.17 bits per heavy atom. The lowest BCUT2D eigenvalue weighted by atomic mass is 10.2. The van der Waals surface area contributed by atoms with E-state index in [-0.39, 0.29) is 17.7 Å². The third-order valence-electron chi connectivity index (χ3n) is 4.12. The summed E-state index contributed by atoms with van der Waals surface area (Å²) in [6, 6.07) is 3.21. The highest BCUT2D eigenvalue weighted by atomic mass is 32.1. The largest absolute Gasteiger partial charge is 0.331 e. The average molecular weight is 341 g/mol. The van der Waals surface area contributed by atoms with E-state index in [0.29, 0.717) is 29.3 Å². The molecule has 0 saturated carbocycles. The molecule has 0 aromatic carbocycles. The molecular weight excluding hydrogens is 330 g/mol. The first-order valence-electron chi connectivity index (χ1n) is 7.32. The number of nitriles is 1. The van der Waals surface area contributed by atoms with E-state index in [9.17, 15) is 19.6 Å². The Kier molecular flexibility index (Phi) is 3.21. The van der Waals surface area contributed by atoms with Crippen LogP contribution in [0.15, 0.2) is 32.0 Å². The molecule has 8 nitrogen and oxygen atoms in total. The van der Waals surface area contributed by atoms with Crippen molar-refractivity contribution in [2.45, 2.75) is 25.9 Å². The molecule has 0 amide bonds. The van der Waals surface area contributed by atoms with Crippen LogP contribution in [0.5, 0.6) is 0 Å². The minimum Gasteiger partial charge on any atom is -0.296 e. The van der Waals surface area contributed by atoms with Gasteiger partial charge in [-0.1, -0.05) is 0 Å². The van der Waals surface area contributed by atoms with Crippen LogP contribution in [-0.4, -0.2) is 18.5 Å². The first-order chi connectivity index (χ1) is 11.6. The van der Waals surface area contributed by atoms with Crippen LogP contribution in [0.1, 0.15) is 23.4 Å². The summed E-state index contributed by atoms with van der Waals surface area (Å²) in [5.74, 6) is 0. The molecule has 0 saturated heterocycles. The third-order valence-corrected chi connectivity index (χ3v) is 4.88. The van der Waals surface area contributed by atoms with Crippen LogP contribution in [0, 0.1) is 11.3 Å². The highest BCUT2D eigenvalue weighted by Crippen LogP contribution is 2.13. The number of hydrogen-bond donors (Lipinski definition) is 0. The predicted octanol–water partition coefficient (Wildman–Crippen LogP) is -0.0544. The molecule has 0 fully saturated rings. The van der Waals surface area contributed by atoms with Crippen LogP contribution >= 0.6 is 11.3 Å². The zero-order valence-electron chi connectivity index (χ0n) is 12.4. The van der Waals surface area contributed by atoms with Crippen molar-refractivity contribution in [3.63, 3.8) is 0 Å². The van der Waals surface area contributed by atoms with Gasteiger partial charge in [-0.25, -0.2) is 9.78 Å². The zero-order valence-corrected chi connectivity index (χ0v) is 13.2.